The van der Waals surface area contributed by atoms with Crippen molar-refractivity contribution in [2.24, 2.45) is 0 Å². The van der Waals surface area contributed by atoms with E-state index in [-0.39, 0.29) is 0 Å². The molecule has 0 amide bonds. The number of aromatic nitrogens is 4. The first-order valence-corrected chi connectivity index (χ1v) is 5.68. The maximum absolute atomic E-state index is 11.6. The molecule has 3 rings (SSSR count). The van der Waals surface area contributed by atoms with Gasteiger partial charge in [-0.15, -0.1) is 0 Å². The second kappa shape index (κ2) is 4.41. The van der Waals surface area contributed by atoms with Crippen LogP contribution in [-0.2, 0) is 0 Å². The molecule has 6 nitrogen and oxygen atoms in total. The zero-order valence-corrected chi connectivity index (χ0v) is 9.85. The Morgan fingerprint density at radius 2 is 1.53 bits per heavy atom. The Morgan fingerprint density at radius 1 is 0.895 bits per heavy atom. The average Bonchev–Trinajstić information content (AvgIpc) is 2.89. The highest BCUT2D eigenvalue weighted by atomic mass is 16.5. The molecular formula is C13H10N4O2. The van der Waals surface area contributed by atoms with Gasteiger partial charge in [0.05, 0.1) is 0 Å². The van der Waals surface area contributed by atoms with Crippen LogP contribution in [0.3, 0.4) is 0 Å². The zero-order valence-electron chi connectivity index (χ0n) is 9.85. The zero-order chi connectivity index (χ0) is 13.2. The lowest BCUT2D eigenvalue weighted by molar-refractivity contribution is -0.593. The monoisotopic (exact) mass is 254 g/mol. The second-order valence-corrected chi connectivity index (χ2v) is 3.99. The van der Waals surface area contributed by atoms with E-state index in [2.05, 4.69) is 10.2 Å². The van der Waals surface area contributed by atoms with Crippen LogP contribution in [0.5, 0.6) is 0 Å². The third-order valence-electron chi connectivity index (χ3n) is 2.76. The number of hydrogen-bond donors (Lipinski definition) is 1. The molecule has 3 aromatic heterocycles. The van der Waals surface area contributed by atoms with Crippen LogP contribution >= 0.6 is 0 Å². The smallest absolute Gasteiger partial charge is 0.244 e. The number of hydrogen-bond acceptors (Lipinski definition) is 3. The molecule has 0 spiro atoms. The first-order chi connectivity index (χ1) is 9.25. The van der Waals surface area contributed by atoms with E-state index in [0.29, 0.717) is 22.8 Å². The van der Waals surface area contributed by atoms with Crippen molar-refractivity contribution in [3.8, 4) is 22.8 Å². The van der Waals surface area contributed by atoms with Gasteiger partial charge in [-0.3, -0.25) is 5.10 Å². The quantitative estimate of drug-likeness (QED) is 0.547. The van der Waals surface area contributed by atoms with E-state index in [0.717, 1.165) is 9.46 Å². The Hall–Kier alpha value is -2.89. The Kier molecular flexibility index (Phi) is 2.60. The van der Waals surface area contributed by atoms with E-state index in [9.17, 15) is 10.4 Å². The van der Waals surface area contributed by atoms with Gasteiger partial charge >= 0.3 is 0 Å². The highest BCUT2D eigenvalue weighted by Crippen LogP contribution is 2.18. The molecule has 0 aliphatic rings. The summed E-state index contributed by atoms with van der Waals surface area (Å²) >= 11 is 0. The summed E-state index contributed by atoms with van der Waals surface area (Å²) in [7, 11) is 0. The fourth-order valence-electron chi connectivity index (χ4n) is 1.85. The van der Waals surface area contributed by atoms with Gasteiger partial charge in [0.15, 0.2) is 18.1 Å². The Labute approximate surface area is 108 Å². The topological polar surface area (TPSA) is 82.6 Å². The molecule has 0 aromatic carbocycles. The molecule has 0 radical (unpaired) electrons. The lowest BCUT2D eigenvalue weighted by Crippen LogP contribution is -2.28. The van der Waals surface area contributed by atoms with Crippen LogP contribution in [0.25, 0.3) is 22.8 Å². The fourth-order valence-corrected chi connectivity index (χ4v) is 1.85. The summed E-state index contributed by atoms with van der Waals surface area (Å²) in [6.07, 6.45) is 2.81. The summed E-state index contributed by atoms with van der Waals surface area (Å²) in [6, 6.07) is 11.8. The van der Waals surface area contributed by atoms with Gasteiger partial charge in [-0.25, -0.2) is 0 Å². The number of nitrogens with zero attached hydrogens (tertiary/aromatic N) is 3. The SMILES string of the molecule is [O-][n+]1ccccc1-c1cc(-c2cccc[n+]2[O-])[nH]n1. The summed E-state index contributed by atoms with van der Waals surface area (Å²) in [5.74, 6) is 0. The summed E-state index contributed by atoms with van der Waals surface area (Å²) in [6.45, 7) is 0. The van der Waals surface area contributed by atoms with Crippen molar-refractivity contribution < 1.29 is 9.46 Å². The van der Waals surface area contributed by atoms with E-state index in [1.807, 2.05) is 0 Å². The van der Waals surface area contributed by atoms with Gasteiger partial charge in [0.25, 0.3) is 0 Å². The highest BCUT2D eigenvalue weighted by Gasteiger charge is 2.16. The molecule has 0 bridgehead atoms. The van der Waals surface area contributed by atoms with Crippen LogP contribution in [0.4, 0.5) is 0 Å². The van der Waals surface area contributed by atoms with Crippen LogP contribution in [-0.4, -0.2) is 10.2 Å². The van der Waals surface area contributed by atoms with Crippen LogP contribution in [0.1, 0.15) is 0 Å². The van der Waals surface area contributed by atoms with Crippen molar-refractivity contribution in [1.82, 2.24) is 10.2 Å². The summed E-state index contributed by atoms with van der Waals surface area (Å²) in [5.41, 5.74) is 1.94. The molecular weight excluding hydrogens is 244 g/mol. The van der Waals surface area contributed by atoms with Crippen LogP contribution < -0.4 is 9.46 Å². The number of nitrogens with one attached hydrogen (secondary N) is 1. The number of H-pyrrole nitrogens is 1. The molecule has 0 fully saturated rings. The van der Waals surface area contributed by atoms with Crippen LogP contribution in [0.15, 0.2) is 54.9 Å². The lowest BCUT2D eigenvalue weighted by Gasteiger charge is -2.00. The summed E-state index contributed by atoms with van der Waals surface area (Å²) < 4.78 is 1.48. The van der Waals surface area contributed by atoms with Crippen molar-refractivity contribution in [3.05, 3.63) is 65.3 Å². The number of rotatable bonds is 2. The van der Waals surface area contributed by atoms with Gasteiger partial charge in [0, 0.05) is 30.3 Å². The third kappa shape index (κ3) is 1.99. The first kappa shape index (κ1) is 11.2. The number of pyridine rings is 2. The van der Waals surface area contributed by atoms with Crippen molar-refractivity contribution >= 4 is 0 Å². The summed E-state index contributed by atoms with van der Waals surface area (Å²) in [4.78, 5) is 0. The molecule has 6 heteroatoms. The Bertz CT molecular complexity index is 664. The van der Waals surface area contributed by atoms with Gasteiger partial charge in [-0.05, 0) is 12.1 Å². The third-order valence-corrected chi connectivity index (χ3v) is 2.76. The van der Waals surface area contributed by atoms with Gasteiger partial charge in [-0.2, -0.15) is 14.6 Å². The minimum Gasteiger partial charge on any atom is -0.618 e. The standard InChI is InChI=1S/C13H10N4O2/c18-16-7-3-1-5-12(16)10-9-11(15-14-10)13-6-2-4-8-17(13)19/h1-9H,(H,14,15). The molecule has 0 aliphatic heterocycles. The predicted octanol–water partition coefficient (Wildman–Crippen LogP) is 1.01. The van der Waals surface area contributed by atoms with Gasteiger partial charge in [0.2, 0.25) is 11.4 Å². The van der Waals surface area contributed by atoms with Crippen molar-refractivity contribution in [2.45, 2.75) is 0 Å². The Balaban J connectivity index is 2.06. The van der Waals surface area contributed by atoms with E-state index in [1.165, 1.54) is 12.4 Å². The molecule has 0 saturated heterocycles. The van der Waals surface area contributed by atoms with Gasteiger partial charge < -0.3 is 10.4 Å². The lowest BCUT2D eigenvalue weighted by atomic mass is 10.2. The van der Waals surface area contributed by atoms with E-state index < -0.39 is 0 Å². The molecule has 0 unspecified atom stereocenters. The Morgan fingerprint density at radius 3 is 2.16 bits per heavy atom. The second-order valence-electron chi connectivity index (χ2n) is 3.99. The molecule has 0 aliphatic carbocycles. The first-order valence-electron chi connectivity index (χ1n) is 5.68. The van der Waals surface area contributed by atoms with Crippen molar-refractivity contribution in [2.75, 3.05) is 0 Å². The van der Waals surface area contributed by atoms with Gasteiger partial charge in [-0.1, -0.05) is 0 Å². The molecule has 0 atom stereocenters. The maximum Gasteiger partial charge on any atom is 0.244 e. The molecule has 94 valence electrons. The van der Waals surface area contributed by atoms with Crippen LogP contribution in [0, 0.1) is 10.4 Å². The maximum atomic E-state index is 11.6. The molecule has 1 N–H and O–H groups in total. The van der Waals surface area contributed by atoms with E-state index >= 15 is 0 Å². The van der Waals surface area contributed by atoms with Crippen molar-refractivity contribution in [3.63, 3.8) is 0 Å². The average molecular weight is 254 g/mol. The predicted molar refractivity (Wildman–Crippen MR) is 67.4 cm³/mol. The number of aromatic amines is 1. The molecule has 19 heavy (non-hydrogen) atoms. The largest absolute Gasteiger partial charge is 0.618 e. The molecule has 0 saturated carbocycles. The molecule has 3 aromatic rings. The highest BCUT2D eigenvalue weighted by molar-refractivity contribution is 5.60. The minimum atomic E-state index is 0.429. The minimum absolute atomic E-state index is 0.429. The summed E-state index contributed by atoms with van der Waals surface area (Å²) in [5, 5.41) is 30.1. The normalized spacial score (nSPS) is 10.5. The van der Waals surface area contributed by atoms with Crippen molar-refractivity contribution in [1.29, 1.82) is 0 Å². The fraction of sp³-hybridized carbons (Fsp3) is 0. The van der Waals surface area contributed by atoms with E-state index in [4.69, 9.17) is 0 Å². The van der Waals surface area contributed by atoms with Gasteiger partial charge in [0.1, 0.15) is 5.69 Å². The van der Waals surface area contributed by atoms with E-state index in [1.54, 1.807) is 42.5 Å². The van der Waals surface area contributed by atoms with Crippen LogP contribution in [0.2, 0.25) is 0 Å². The molecule has 3 heterocycles.